The lowest BCUT2D eigenvalue weighted by Crippen LogP contribution is -2.39. The van der Waals surface area contributed by atoms with Gasteiger partial charge in [0.15, 0.2) is 6.23 Å². The number of amides is 1. The Balaban J connectivity index is 2.08. The second-order valence-electron chi connectivity index (χ2n) is 8.76. The van der Waals surface area contributed by atoms with Crippen molar-refractivity contribution in [3.8, 4) is 0 Å². The van der Waals surface area contributed by atoms with Crippen LogP contribution in [0.25, 0.3) is 0 Å². The van der Waals surface area contributed by atoms with E-state index in [9.17, 15) is 9.59 Å². The van der Waals surface area contributed by atoms with Gasteiger partial charge in [-0.3, -0.25) is 9.59 Å². The Morgan fingerprint density at radius 1 is 0.969 bits per heavy atom. The van der Waals surface area contributed by atoms with Gasteiger partial charge in [-0.15, -0.1) is 0 Å². The number of nitrogens with zero attached hydrogens (tertiary/aromatic N) is 1. The fraction of sp³-hybridized carbons (Fsp3) is 0.769. The predicted molar refractivity (Wildman–Crippen MR) is 136 cm³/mol. The Bertz CT molecular complexity index is 604. The summed E-state index contributed by atoms with van der Waals surface area (Å²) in [5.74, 6) is -0.263. The lowest BCUT2D eigenvalue weighted by molar-refractivity contribution is -0.155. The fourth-order valence-corrected chi connectivity index (χ4v) is 4.30. The normalized spacial score (nSPS) is 14.6. The van der Waals surface area contributed by atoms with E-state index in [4.69, 9.17) is 4.74 Å². The molecule has 184 valence electrons. The zero-order valence-corrected chi connectivity index (χ0v) is 22.2. The number of allylic oxidation sites excluding steroid dienone is 2. The van der Waals surface area contributed by atoms with E-state index in [1.54, 1.807) is 0 Å². The van der Waals surface area contributed by atoms with Crippen LogP contribution in [0.4, 0.5) is 0 Å². The molecule has 0 bridgehead atoms. The SMILES string of the molecule is CCCCCCCCCCCCCCCC(=O)OC(C)N1C=CC(Br)=C(C(=O)NCC)C1. The van der Waals surface area contributed by atoms with Crippen LogP contribution in [0.2, 0.25) is 0 Å². The summed E-state index contributed by atoms with van der Waals surface area (Å²) in [7, 11) is 0. The van der Waals surface area contributed by atoms with Gasteiger partial charge < -0.3 is 15.0 Å². The van der Waals surface area contributed by atoms with Crippen molar-refractivity contribution < 1.29 is 14.3 Å². The summed E-state index contributed by atoms with van der Waals surface area (Å²) in [6, 6.07) is 0. The predicted octanol–water partition coefficient (Wildman–Crippen LogP) is 6.97. The first-order valence-electron chi connectivity index (χ1n) is 12.8. The number of carbonyl (C=O) groups is 2. The maximum atomic E-state index is 12.2. The molecule has 1 amide bonds. The number of hydrogen-bond donors (Lipinski definition) is 1. The van der Waals surface area contributed by atoms with Gasteiger partial charge in [0.05, 0.1) is 12.1 Å². The van der Waals surface area contributed by atoms with Crippen molar-refractivity contribution in [2.24, 2.45) is 0 Å². The summed E-state index contributed by atoms with van der Waals surface area (Å²) in [5, 5.41) is 2.82. The van der Waals surface area contributed by atoms with Crippen LogP contribution in [-0.4, -0.2) is 36.1 Å². The van der Waals surface area contributed by atoms with E-state index in [2.05, 4.69) is 28.2 Å². The molecule has 1 aliphatic rings. The Labute approximate surface area is 204 Å². The van der Waals surface area contributed by atoms with Crippen molar-refractivity contribution in [1.29, 1.82) is 0 Å². The molecule has 0 aromatic rings. The van der Waals surface area contributed by atoms with Gasteiger partial charge in [-0.25, -0.2) is 0 Å². The second-order valence-corrected chi connectivity index (χ2v) is 9.61. The smallest absolute Gasteiger partial charge is 0.307 e. The summed E-state index contributed by atoms with van der Waals surface area (Å²) in [6.07, 6.45) is 20.5. The first kappa shape index (κ1) is 28.7. The van der Waals surface area contributed by atoms with Crippen molar-refractivity contribution in [3.63, 3.8) is 0 Å². The maximum absolute atomic E-state index is 12.2. The summed E-state index contributed by atoms with van der Waals surface area (Å²) in [5.41, 5.74) is 0.647. The third kappa shape index (κ3) is 12.7. The lowest BCUT2D eigenvalue weighted by atomic mass is 10.0. The van der Waals surface area contributed by atoms with Gasteiger partial charge in [0.25, 0.3) is 0 Å². The maximum Gasteiger partial charge on any atom is 0.307 e. The minimum atomic E-state index is -0.397. The van der Waals surface area contributed by atoms with Gasteiger partial charge in [-0.1, -0.05) is 99.9 Å². The van der Waals surface area contributed by atoms with Crippen molar-refractivity contribution in [2.45, 2.75) is 117 Å². The highest BCUT2D eigenvalue weighted by Crippen LogP contribution is 2.22. The number of unbranched alkanes of at least 4 members (excludes halogenated alkanes) is 12. The molecule has 1 aliphatic heterocycles. The molecular weight excluding hydrogens is 468 g/mol. The molecular formula is C26H45BrN2O3. The monoisotopic (exact) mass is 512 g/mol. The number of halogens is 1. The molecule has 1 heterocycles. The second kappa shape index (κ2) is 18.2. The quantitative estimate of drug-likeness (QED) is 0.159. The number of esters is 1. The molecule has 0 saturated heterocycles. The average Bonchev–Trinajstić information content (AvgIpc) is 2.77. The number of likely N-dealkylation sites (N-methyl/N-ethyl adjacent to an activating group) is 1. The van der Waals surface area contributed by atoms with Crippen LogP contribution >= 0.6 is 15.9 Å². The molecule has 0 radical (unpaired) electrons. The first-order chi connectivity index (χ1) is 15.5. The minimum Gasteiger partial charge on any atom is -0.442 e. The fourth-order valence-electron chi connectivity index (χ4n) is 3.87. The number of nitrogens with one attached hydrogen (secondary N) is 1. The molecule has 0 saturated carbocycles. The van der Waals surface area contributed by atoms with Crippen molar-refractivity contribution in [1.82, 2.24) is 10.2 Å². The Morgan fingerprint density at radius 2 is 1.50 bits per heavy atom. The first-order valence-corrected chi connectivity index (χ1v) is 13.6. The highest BCUT2D eigenvalue weighted by molar-refractivity contribution is 9.12. The number of carbonyl (C=O) groups excluding carboxylic acids is 2. The Hall–Kier alpha value is -1.30. The Kier molecular flexibility index (Phi) is 16.3. The highest BCUT2D eigenvalue weighted by atomic mass is 79.9. The number of rotatable bonds is 18. The molecule has 1 unspecified atom stereocenters. The highest BCUT2D eigenvalue weighted by Gasteiger charge is 2.23. The van der Waals surface area contributed by atoms with Gasteiger partial charge in [-0.2, -0.15) is 0 Å². The van der Waals surface area contributed by atoms with Gasteiger partial charge in [0.2, 0.25) is 5.91 Å². The lowest BCUT2D eigenvalue weighted by Gasteiger charge is -2.30. The molecule has 1 atom stereocenters. The van der Waals surface area contributed by atoms with Crippen molar-refractivity contribution in [3.05, 3.63) is 22.3 Å². The third-order valence-electron chi connectivity index (χ3n) is 5.91. The van der Waals surface area contributed by atoms with Gasteiger partial charge in [0.1, 0.15) is 0 Å². The van der Waals surface area contributed by atoms with Gasteiger partial charge >= 0.3 is 5.97 Å². The molecule has 0 spiro atoms. The summed E-state index contributed by atoms with van der Waals surface area (Å²) >= 11 is 3.43. The van der Waals surface area contributed by atoms with Gasteiger partial charge in [0, 0.05) is 23.6 Å². The van der Waals surface area contributed by atoms with Crippen LogP contribution in [0, 0.1) is 0 Å². The Morgan fingerprint density at radius 3 is 2.03 bits per heavy atom. The molecule has 1 N–H and O–H groups in total. The van der Waals surface area contributed by atoms with Crippen LogP contribution in [0.3, 0.4) is 0 Å². The van der Waals surface area contributed by atoms with Gasteiger partial charge in [-0.05, 0) is 26.3 Å². The number of ether oxygens (including phenoxy) is 1. The van der Waals surface area contributed by atoms with E-state index in [1.807, 2.05) is 31.0 Å². The zero-order valence-electron chi connectivity index (χ0n) is 20.6. The minimum absolute atomic E-state index is 0.0979. The van der Waals surface area contributed by atoms with Crippen LogP contribution < -0.4 is 5.32 Å². The van der Waals surface area contributed by atoms with E-state index in [0.29, 0.717) is 25.1 Å². The van der Waals surface area contributed by atoms with Crippen LogP contribution in [0.15, 0.2) is 22.3 Å². The topological polar surface area (TPSA) is 58.6 Å². The van der Waals surface area contributed by atoms with Crippen LogP contribution in [0.1, 0.15) is 111 Å². The molecule has 0 aliphatic carbocycles. The molecule has 0 fully saturated rings. The molecule has 0 aromatic heterocycles. The van der Waals surface area contributed by atoms with E-state index in [1.165, 1.54) is 70.6 Å². The summed E-state index contributed by atoms with van der Waals surface area (Å²) in [4.78, 5) is 26.3. The molecule has 0 aromatic carbocycles. The largest absolute Gasteiger partial charge is 0.442 e. The molecule has 6 heteroatoms. The summed E-state index contributed by atoms with van der Waals surface area (Å²) in [6.45, 7) is 7.00. The standard InChI is InChI=1S/C26H45BrN2O3/c1-4-6-7-8-9-10-11-12-13-14-15-16-17-18-25(30)32-22(3)29-20-19-24(27)23(21-29)26(31)28-5-2/h19-20,22H,4-18,21H2,1-3H3,(H,28,31). The molecule has 1 rings (SSSR count). The number of hydrogen-bond acceptors (Lipinski definition) is 4. The van der Waals surface area contributed by atoms with E-state index < -0.39 is 6.23 Å². The van der Waals surface area contributed by atoms with Crippen molar-refractivity contribution in [2.75, 3.05) is 13.1 Å². The third-order valence-corrected chi connectivity index (χ3v) is 6.65. The van der Waals surface area contributed by atoms with Crippen molar-refractivity contribution >= 4 is 27.8 Å². The van der Waals surface area contributed by atoms with E-state index >= 15 is 0 Å². The van der Waals surface area contributed by atoms with Crippen LogP contribution in [-0.2, 0) is 14.3 Å². The van der Waals surface area contributed by atoms with E-state index in [-0.39, 0.29) is 11.9 Å². The van der Waals surface area contributed by atoms with Crippen LogP contribution in [0.5, 0.6) is 0 Å². The van der Waals surface area contributed by atoms with E-state index in [0.717, 1.165) is 17.3 Å². The molecule has 32 heavy (non-hydrogen) atoms. The molecule has 5 nitrogen and oxygen atoms in total. The summed E-state index contributed by atoms with van der Waals surface area (Å²) < 4.78 is 6.36. The average molecular weight is 514 g/mol. The zero-order chi connectivity index (χ0) is 23.6.